The molecule has 0 amide bonds. The van der Waals surface area contributed by atoms with Crippen LogP contribution in [0.1, 0.15) is 141 Å². The monoisotopic (exact) mass is 878 g/mol. The fourth-order valence-corrected chi connectivity index (χ4v) is 8.33. The number of unbranched alkanes of at least 4 members (excludes halogenated alkanes) is 16. The van der Waals surface area contributed by atoms with Gasteiger partial charge in [0.05, 0.1) is 4.90 Å². The first-order chi connectivity index (χ1) is 27.8. The minimum Gasteiger partial charge on any atom is -0.872 e. The first-order valence-electron chi connectivity index (χ1n) is 20.9. The van der Waals surface area contributed by atoms with Gasteiger partial charge in [-0.3, -0.25) is 4.55 Å². The molecule has 320 valence electrons. The summed E-state index contributed by atoms with van der Waals surface area (Å²) in [6.07, 6.45) is 21.8. The molecule has 0 atom stereocenters. The first kappa shape index (κ1) is 52.3. The third-order valence-corrected chi connectivity index (χ3v) is 11.7. The molecule has 0 aromatic heterocycles. The van der Waals surface area contributed by atoms with Gasteiger partial charge in [0, 0.05) is 17.2 Å². The first-order valence-corrected chi connectivity index (χ1v) is 23.8. The second-order valence-electron chi connectivity index (χ2n) is 14.7. The Bertz CT molecular complexity index is 1870. The van der Waals surface area contributed by atoms with Crippen molar-refractivity contribution in [3.8, 4) is 34.5 Å². The molecule has 0 fully saturated rings. The minimum absolute atomic E-state index is 0. The second kappa shape index (κ2) is 28.6. The third kappa shape index (κ3) is 20.5. The van der Waals surface area contributed by atoms with E-state index in [0.29, 0.717) is 47.0 Å². The van der Waals surface area contributed by atoms with Crippen LogP contribution in [0.25, 0.3) is 0 Å². The van der Waals surface area contributed by atoms with Crippen molar-refractivity contribution in [1.82, 2.24) is 0 Å². The van der Waals surface area contributed by atoms with Gasteiger partial charge < -0.3 is 24.2 Å². The molecule has 59 heavy (non-hydrogen) atoms. The van der Waals surface area contributed by atoms with Gasteiger partial charge in [0.1, 0.15) is 43.8 Å². The van der Waals surface area contributed by atoms with E-state index in [2.05, 4.69) is 13.8 Å². The Kier molecular flexibility index (Phi) is 25.4. The van der Waals surface area contributed by atoms with Crippen LogP contribution in [0.4, 0.5) is 0 Å². The summed E-state index contributed by atoms with van der Waals surface area (Å²) in [6.45, 7) is 4.41. The molecule has 4 aromatic rings. The van der Waals surface area contributed by atoms with Crippen LogP contribution in [-0.2, 0) is 33.1 Å². The molecule has 0 aliphatic heterocycles. The van der Waals surface area contributed by atoms with Crippen molar-refractivity contribution in [3.05, 3.63) is 96.1 Å². The quantitative estimate of drug-likeness (QED) is 0.0351. The maximum Gasteiger partial charge on any atom is 2.00 e. The Hall–Kier alpha value is -2.84. The third-order valence-electron chi connectivity index (χ3n) is 9.87. The van der Waals surface area contributed by atoms with Crippen molar-refractivity contribution >= 4 is 58.0 Å². The SMILES string of the molecule is CCCCCCCCCCCc1c(Oc2cccc(O)c2)cccc1S(=O)(=O)O.CCCCCCCCCCCc1c(Oc2cccc([O-])c2)cccc1S(=O)(=O)[O-].[Ca+2]. The molecule has 2 N–H and O–H groups in total. The Morgan fingerprint density at radius 1 is 0.525 bits per heavy atom. The summed E-state index contributed by atoms with van der Waals surface area (Å²) < 4.78 is 80.0. The van der Waals surface area contributed by atoms with Gasteiger partial charge in [-0.05, 0) is 74.2 Å². The Labute approximate surface area is 383 Å². The minimum atomic E-state index is -4.61. The van der Waals surface area contributed by atoms with Crippen LogP contribution in [0.2, 0.25) is 0 Å². The van der Waals surface area contributed by atoms with Crippen molar-refractivity contribution in [2.45, 2.75) is 152 Å². The number of aromatic hydroxyl groups is 1. The maximum absolute atomic E-state index is 11.8. The van der Waals surface area contributed by atoms with Crippen LogP contribution >= 0.6 is 0 Å². The van der Waals surface area contributed by atoms with Gasteiger partial charge in [-0.1, -0.05) is 147 Å². The van der Waals surface area contributed by atoms with Gasteiger partial charge in [-0.2, -0.15) is 8.42 Å². The van der Waals surface area contributed by atoms with E-state index in [-0.39, 0.29) is 59.0 Å². The zero-order valence-corrected chi connectivity index (χ0v) is 38.8. The zero-order chi connectivity index (χ0) is 42.2. The number of phenolic OH excluding ortho intramolecular Hbond substituents is 1. The second-order valence-corrected chi connectivity index (χ2v) is 17.5. The summed E-state index contributed by atoms with van der Waals surface area (Å²) in [5.41, 5.74) is 0.864. The van der Waals surface area contributed by atoms with Crippen molar-refractivity contribution in [2.24, 2.45) is 0 Å². The Balaban J connectivity index is 0.000000400. The summed E-state index contributed by atoms with van der Waals surface area (Å²) >= 11 is 0. The van der Waals surface area contributed by atoms with E-state index >= 15 is 0 Å². The number of ether oxygens (including phenoxy) is 2. The average molecular weight is 879 g/mol. The molecule has 0 saturated heterocycles. The van der Waals surface area contributed by atoms with Crippen molar-refractivity contribution < 1.29 is 45.6 Å². The number of hydrogen-bond donors (Lipinski definition) is 2. The summed E-state index contributed by atoms with van der Waals surface area (Å²) in [5.74, 6) is 1.29. The molecule has 0 heterocycles. The zero-order valence-electron chi connectivity index (χ0n) is 34.9. The molecule has 10 nitrogen and oxygen atoms in total. The molecule has 0 aliphatic carbocycles. The van der Waals surface area contributed by atoms with E-state index in [9.17, 15) is 36.2 Å². The van der Waals surface area contributed by atoms with Crippen LogP contribution in [-0.4, -0.2) is 68.8 Å². The molecule has 0 radical (unpaired) electrons. The summed E-state index contributed by atoms with van der Waals surface area (Å²) in [7, 11) is -8.95. The fourth-order valence-electron chi connectivity index (χ4n) is 6.81. The standard InChI is InChI=1S/2C23H32O5S.Ca/c2*1-2-3-4-5-6-7-8-9-10-15-21-22(16-12-17-23(21)29(25,26)27)28-20-14-11-13-19(24)18-20;/h2*11-14,16-18,24H,2-10,15H2,1H3,(H,25,26,27);/q;;+2/p-2. The molecule has 4 aromatic carbocycles. The van der Waals surface area contributed by atoms with E-state index in [0.717, 1.165) is 38.5 Å². The van der Waals surface area contributed by atoms with Crippen LogP contribution in [0.3, 0.4) is 0 Å². The Morgan fingerprint density at radius 3 is 1.34 bits per heavy atom. The molecule has 4 rings (SSSR count). The normalized spacial score (nSPS) is 11.3. The van der Waals surface area contributed by atoms with E-state index in [1.165, 1.54) is 120 Å². The van der Waals surface area contributed by atoms with Gasteiger partial charge in [-0.25, -0.2) is 8.42 Å². The number of phenols is 1. The Morgan fingerprint density at radius 2 is 0.915 bits per heavy atom. The van der Waals surface area contributed by atoms with Crippen molar-refractivity contribution in [1.29, 1.82) is 0 Å². The van der Waals surface area contributed by atoms with E-state index in [4.69, 9.17) is 9.47 Å². The fraction of sp³-hybridized carbons (Fsp3) is 0.478. The van der Waals surface area contributed by atoms with Gasteiger partial charge in [0.25, 0.3) is 10.1 Å². The molecular formula is C46H62CaO10S2. The van der Waals surface area contributed by atoms with E-state index in [1.807, 2.05) is 0 Å². The van der Waals surface area contributed by atoms with Gasteiger partial charge in [-0.15, -0.1) is 5.75 Å². The van der Waals surface area contributed by atoms with Gasteiger partial charge in [0.2, 0.25) is 0 Å². The van der Waals surface area contributed by atoms with Gasteiger partial charge in [0.15, 0.2) is 0 Å². The van der Waals surface area contributed by atoms with Crippen molar-refractivity contribution in [2.75, 3.05) is 0 Å². The number of benzene rings is 4. The molecular weight excluding hydrogens is 817 g/mol. The van der Waals surface area contributed by atoms with Crippen LogP contribution in [0.15, 0.2) is 94.7 Å². The topological polar surface area (TPSA) is 173 Å². The van der Waals surface area contributed by atoms with Crippen molar-refractivity contribution in [3.63, 3.8) is 0 Å². The number of hydrogen-bond acceptors (Lipinski definition) is 9. The van der Waals surface area contributed by atoms with Crippen LogP contribution in [0.5, 0.6) is 34.5 Å². The molecule has 13 heteroatoms. The van der Waals surface area contributed by atoms with Gasteiger partial charge >= 0.3 is 37.7 Å². The molecule has 0 unspecified atom stereocenters. The van der Waals surface area contributed by atoms with E-state index in [1.54, 1.807) is 42.5 Å². The number of rotatable bonds is 26. The van der Waals surface area contributed by atoms with E-state index < -0.39 is 20.2 Å². The predicted molar refractivity (Wildman–Crippen MR) is 232 cm³/mol. The maximum atomic E-state index is 11.8. The predicted octanol–water partition coefficient (Wildman–Crippen LogP) is 11.7. The summed E-state index contributed by atoms with van der Waals surface area (Å²) in [4.78, 5) is -0.359. The molecule has 0 spiro atoms. The summed E-state index contributed by atoms with van der Waals surface area (Å²) in [6, 6.07) is 21.3. The average Bonchev–Trinajstić information content (AvgIpc) is 3.17. The van der Waals surface area contributed by atoms with Crippen LogP contribution < -0.4 is 14.6 Å². The largest absolute Gasteiger partial charge is 2.00 e. The molecule has 0 aliphatic rings. The molecule has 0 saturated carbocycles. The van der Waals surface area contributed by atoms with Crippen LogP contribution in [0, 0.1) is 0 Å². The molecule has 0 bridgehead atoms. The smallest absolute Gasteiger partial charge is 0.872 e. The summed E-state index contributed by atoms with van der Waals surface area (Å²) in [5, 5.41) is 21.1.